The maximum absolute atomic E-state index is 13.3. The molecular weight excluding hydrogens is 566 g/mol. The summed E-state index contributed by atoms with van der Waals surface area (Å²) in [4.78, 5) is 15.8. The molecule has 0 aliphatic carbocycles. The van der Waals surface area contributed by atoms with Crippen LogP contribution in [0.1, 0.15) is 29.4 Å². The number of halogens is 5. The first-order valence-corrected chi connectivity index (χ1v) is 13.0. The van der Waals surface area contributed by atoms with Gasteiger partial charge in [0.1, 0.15) is 5.82 Å². The van der Waals surface area contributed by atoms with Crippen molar-refractivity contribution < 1.29 is 31.5 Å². The predicted molar refractivity (Wildman–Crippen MR) is 137 cm³/mol. The molecule has 1 N–H and O–H groups in total. The van der Waals surface area contributed by atoms with E-state index in [1.54, 1.807) is 21.4 Å². The smallest absolute Gasteiger partial charge is 0.423 e. The third-order valence-electron chi connectivity index (χ3n) is 5.70. The number of nitrogens with zero attached hydrogens (tertiary/aromatic N) is 2. The molecule has 1 amide bonds. The highest BCUT2D eigenvalue weighted by molar-refractivity contribution is 7.77. The Balaban J connectivity index is 1.50. The summed E-state index contributed by atoms with van der Waals surface area (Å²) in [5.41, 5.74) is 2.39. The van der Waals surface area contributed by atoms with Crippen molar-refractivity contribution in [2.24, 2.45) is 0 Å². The maximum atomic E-state index is 13.3. The van der Waals surface area contributed by atoms with Crippen LogP contribution in [0, 0.1) is 0 Å². The molecule has 3 aromatic carbocycles. The van der Waals surface area contributed by atoms with Crippen LogP contribution in [0.2, 0.25) is 10.0 Å². The maximum Gasteiger partial charge on any atom is 0.423 e. The van der Waals surface area contributed by atoms with Gasteiger partial charge in [-0.3, -0.25) is 13.5 Å². The van der Waals surface area contributed by atoms with Gasteiger partial charge >= 0.3 is 12.3 Å². The molecule has 7 nitrogen and oxygen atoms in total. The molecule has 0 spiro atoms. The molecule has 1 heterocycles. The van der Waals surface area contributed by atoms with Gasteiger partial charge in [0.05, 0.1) is 26.6 Å². The van der Waals surface area contributed by atoms with E-state index in [1.165, 1.54) is 12.1 Å². The summed E-state index contributed by atoms with van der Waals surface area (Å²) in [6.07, 6.45) is -3.98. The van der Waals surface area contributed by atoms with Gasteiger partial charge in [-0.05, 0) is 60.4 Å². The Bertz CT molecular complexity index is 1530. The molecule has 0 fully saturated rings. The van der Waals surface area contributed by atoms with E-state index in [0.29, 0.717) is 30.6 Å². The van der Waals surface area contributed by atoms with Crippen LogP contribution < -0.4 is 9.46 Å². The number of aromatic nitrogens is 2. The Morgan fingerprint density at radius 3 is 2.32 bits per heavy atom. The second-order valence-corrected chi connectivity index (χ2v) is 9.68. The van der Waals surface area contributed by atoms with Crippen LogP contribution >= 0.6 is 23.2 Å². The number of fused-ring (bicyclic) bond motifs is 1. The molecule has 38 heavy (non-hydrogen) atoms. The number of imidazole rings is 1. The molecule has 0 radical (unpaired) electrons. The van der Waals surface area contributed by atoms with Gasteiger partial charge in [-0.15, -0.1) is 0 Å². The Labute approximate surface area is 227 Å². The van der Waals surface area contributed by atoms with Crippen molar-refractivity contribution in [1.82, 2.24) is 14.3 Å². The number of alkyl halides is 3. The fourth-order valence-electron chi connectivity index (χ4n) is 3.96. The quantitative estimate of drug-likeness (QED) is 0.247. The Kier molecular flexibility index (Phi) is 8.31. The van der Waals surface area contributed by atoms with Gasteiger partial charge in [0, 0.05) is 23.4 Å². The van der Waals surface area contributed by atoms with Crippen LogP contribution in [0.3, 0.4) is 0 Å². The van der Waals surface area contributed by atoms with E-state index in [2.05, 4.69) is 4.98 Å². The molecule has 4 aromatic rings. The second kappa shape index (κ2) is 11.3. The minimum absolute atomic E-state index is 0.0180. The highest BCUT2D eigenvalue weighted by Crippen LogP contribution is 2.38. The largest absolute Gasteiger partial charge is 0.755 e. The molecule has 1 unspecified atom stereocenters. The first kappa shape index (κ1) is 27.9. The Morgan fingerprint density at radius 2 is 1.71 bits per heavy atom. The molecule has 0 aliphatic heterocycles. The molecule has 0 saturated heterocycles. The molecule has 1 atom stereocenters. The summed E-state index contributed by atoms with van der Waals surface area (Å²) in [7, 11) is 0. The van der Waals surface area contributed by atoms with E-state index < -0.39 is 29.1 Å². The molecule has 0 saturated carbocycles. The summed E-state index contributed by atoms with van der Waals surface area (Å²) in [6, 6.07) is 14.6. The van der Waals surface area contributed by atoms with Gasteiger partial charge in [0.15, 0.2) is 5.75 Å². The predicted octanol–water partition coefficient (Wildman–Crippen LogP) is 6.58. The topological polar surface area (TPSA) is 96.3 Å². The van der Waals surface area contributed by atoms with Crippen molar-refractivity contribution in [3.63, 3.8) is 0 Å². The summed E-state index contributed by atoms with van der Waals surface area (Å²) >= 11 is 9.32. The van der Waals surface area contributed by atoms with E-state index in [-0.39, 0.29) is 21.3 Å². The van der Waals surface area contributed by atoms with Crippen LogP contribution in [0.15, 0.2) is 54.6 Å². The molecule has 4 rings (SSSR count). The average Bonchev–Trinajstić information content (AvgIpc) is 3.20. The molecule has 0 aliphatic rings. The van der Waals surface area contributed by atoms with Crippen molar-refractivity contribution in [1.29, 1.82) is 0 Å². The number of hydrogen-bond donors (Lipinski definition) is 1. The number of benzene rings is 3. The lowest BCUT2D eigenvalue weighted by Crippen LogP contribution is -2.28. The van der Waals surface area contributed by atoms with Gasteiger partial charge in [-0.1, -0.05) is 48.3 Å². The van der Waals surface area contributed by atoms with E-state index in [4.69, 9.17) is 27.9 Å². The van der Waals surface area contributed by atoms with Crippen molar-refractivity contribution in [3.8, 4) is 11.4 Å². The molecule has 1 aromatic heterocycles. The van der Waals surface area contributed by atoms with E-state index >= 15 is 0 Å². The SMILES string of the molecule is CCc1nc2cc(C(F)(F)F)c(Cl)cc2n1-c1ccc(CCc2ccc(OC(=O)NS(=O)[O-])c(Cl)c2)cc1. The molecular formula is C25H19Cl2F3N3O4S-. The number of carbonyl (C=O) groups excluding carboxylic acids is 1. The monoisotopic (exact) mass is 584 g/mol. The van der Waals surface area contributed by atoms with E-state index in [1.807, 2.05) is 31.2 Å². The molecule has 0 bridgehead atoms. The standard InChI is InChI=1S/C25H20Cl2F3N3O4S/c1-2-23-31-20-12-17(25(28,29)30)18(26)13-21(20)33(23)16-8-5-14(6-9-16)3-4-15-7-10-22(19(27)11-15)37-24(34)32-38(35)36/h5-13H,2-4H2,1H3,(H,32,34)(H,35,36)/p-1. The third kappa shape index (κ3) is 6.29. The lowest BCUT2D eigenvalue weighted by Gasteiger charge is -2.12. The molecule has 13 heteroatoms. The number of aryl methyl sites for hydroxylation is 3. The lowest BCUT2D eigenvalue weighted by molar-refractivity contribution is -0.137. The summed E-state index contributed by atoms with van der Waals surface area (Å²) in [5, 5.41) is -0.238. The zero-order valence-electron chi connectivity index (χ0n) is 19.6. The van der Waals surface area contributed by atoms with Crippen LogP contribution in [-0.4, -0.2) is 24.4 Å². The number of hydrogen-bond acceptors (Lipinski definition) is 5. The summed E-state index contributed by atoms with van der Waals surface area (Å²) < 4.78 is 69.1. The van der Waals surface area contributed by atoms with E-state index in [0.717, 1.165) is 22.9 Å². The first-order chi connectivity index (χ1) is 18.0. The number of rotatable bonds is 7. The van der Waals surface area contributed by atoms with Gasteiger partial charge in [-0.25, -0.2) is 9.78 Å². The van der Waals surface area contributed by atoms with Crippen molar-refractivity contribution in [2.75, 3.05) is 0 Å². The van der Waals surface area contributed by atoms with Crippen molar-refractivity contribution in [3.05, 3.63) is 87.2 Å². The van der Waals surface area contributed by atoms with Crippen LogP contribution in [0.25, 0.3) is 16.7 Å². The highest BCUT2D eigenvalue weighted by atomic mass is 35.5. The van der Waals surface area contributed by atoms with Gasteiger partial charge in [0.25, 0.3) is 0 Å². The summed E-state index contributed by atoms with van der Waals surface area (Å²) in [5.74, 6) is 0.625. The normalized spacial score (nSPS) is 12.5. The number of carbonyl (C=O) groups is 1. The van der Waals surface area contributed by atoms with Crippen LogP contribution in [0.4, 0.5) is 18.0 Å². The van der Waals surface area contributed by atoms with Gasteiger partial charge in [-0.2, -0.15) is 13.2 Å². The van der Waals surface area contributed by atoms with E-state index in [9.17, 15) is 26.7 Å². The summed E-state index contributed by atoms with van der Waals surface area (Å²) in [6.45, 7) is 1.87. The van der Waals surface area contributed by atoms with Crippen molar-refractivity contribution >= 4 is 51.6 Å². The van der Waals surface area contributed by atoms with Crippen LogP contribution in [0.5, 0.6) is 5.75 Å². The molecule has 200 valence electrons. The Morgan fingerprint density at radius 1 is 1.05 bits per heavy atom. The van der Waals surface area contributed by atoms with Crippen LogP contribution in [-0.2, 0) is 36.7 Å². The lowest BCUT2D eigenvalue weighted by atomic mass is 10.0. The minimum atomic E-state index is -4.57. The first-order valence-electron chi connectivity index (χ1n) is 11.2. The zero-order valence-corrected chi connectivity index (χ0v) is 22.0. The second-order valence-electron chi connectivity index (χ2n) is 8.19. The number of nitrogens with one attached hydrogen (secondary N) is 1. The minimum Gasteiger partial charge on any atom is -0.755 e. The Hall–Kier alpha value is -3.12. The fraction of sp³-hybridized carbons (Fsp3) is 0.200. The van der Waals surface area contributed by atoms with Gasteiger partial charge in [0.2, 0.25) is 0 Å². The highest BCUT2D eigenvalue weighted by Gasteiger charge is 2.34. The number of amides is 1. The van der Waals surface area contributed by atoms with Gasteiger partial charge < -0.3 is 9.29 Å². The number of ether oxygens (including phenoxy) is 1. The zero-order chi connectivity index (χ0) is 27.6. The third-order valence-corrected chi connectivity index (χ3v) is 6.64. The fourth-order valence-corrected chi connectivity index (χ4v) is 4.65. The van der Waals surface area contributed by atoms with Crippen molar-refractivity contribution in [2.45, 2.75) is 32.4 Å². The average molecular weight is 585 g/mol.